The highest BCUT2D eigenvalue weighted by molar-refractivity contribution is 7.89. The number of hydrogen-bond donors (Lipinski definition) is 2. The van der Waals surface area contributed by atoms with Crippen molar-refractivity contribution in [1.82, 2.24) is 4.72 Å². The number of rotatable bonds is 6. The molecule has 0 unspecified atom stereocenters. The van der Waals surface area contributed by atoms with Crippen LogP contribution in [-0.4, -0.2) is 20.4 Å². The summed E-state index contributed by atoms with van der Waals surface area (Å²) in [4.78, 5) is 13.1. The second kappa shape index (κ2) is 7.58. The molecule has 2 aromatic carbocycles. The molecule has 0 radical (unpaired) electrons. The SMILES string of the molecule is CC(C)NS(=O)(=O)c1ccc(NC(=O)C2(c3ccc(C(C)(C)C)cc3)CC2)cc1. The summed E-state index contributed by atoms with van der Waals surface area (Å²) in [6, 6.07) is 14.4. The van der Waals surface area contributed by atoms with Crippen molar-refractivity contribution >= 4 is 21.6 Å². The van der Waals surface area contributed by atoms with Gasteiger partial charge in [0.15, 0.2) is 0 Å². The monoisotopic (exact) mass is 414 g/mol. The van der Waals surface area contributed by atoms with E-state index < -0.39 is 15.4 Å². The van der Waals surface area contributed by atoms with Gasteiger partial charge in [0.2, 0.25) is 15.9 Å². The summed E-state index contributed by atoms with van der Waals surface area (Å²) in [5.41, 5.74) is 2.45. The number of nitrogens with one attached hydrogen (secondary N) is 2. The lowest BCUT2D eigenvalue weighted by molar-refractivity contribution is -0.118. The van der Waals surface area contributed by atoms with Gasteiger partial charge in [-0.15, -0.1) is 0 Å². The van der Waals surface area contributed by atoms with Crippen LogP contribution in [0.4, 0.5) is 5.69 Å². The van der Waals surface area contributed by atoms with Crippen molar-refractivity contribution in [2.24, 2.45) is 0 Å². The van der Waals surface area contributed by atoms with E-state index in [4.69, 9.17) is 0 Å². The van der Waals surface area contributed by atoms with Gasteiger partial charge in [-0.2, -0.15) is 0 Å². The van der Waals surface area contributed by atoms with Crippen LogP contribution in [0.15, 0.2) is 53.4 Å². The van der Waals surface area contributed by atoms with Crippen molar-refractivity contribution < 1.29 is 13.2 Å². The van der Waals surface area contributed by atoms with Gasteiger partial charge >= 0.3 is 0 Å². The summed E-state index contributed by atoms with van der Waals surface area (Å²) in [7, 11) is -3.54. The Labute approximate surface area is 174 Å². The van der Waals surface area contributed by atoms with Crippen LogP contribution < -0.4 is 10.0 Å². The smallest absolute Gasteiger partial charge is 0.240 e. The average Bonchev–Trinajstić information content (AvgIpc) is 3.42. The van der Waals surface area contributed by atoms with Crippen LogP contribution in [0.2, 0.25) is 0 Å². The fourth-order valence-electron chi connectivity index (χ4n) is 3.41. The molecule has 0 aromatic heterocycles. The zero-order valence-corrected chi connectivity index (χ0v) is 18.6. The first kappa shape index (κ1) is 21.5. The van der Waals surface area contributed by atoms with Crippen LogP contribution in [0, 0.1) is 0 Å². The molecule has 2 aromatic rings. The topological polar surface area (TPSA) is 75.3 Å². The number of amides is 1. The van der Waals surface area contributed by atoms with Gasteiger partial charge in [-0.25, -0.2) is 13.1 Å². The van der Waals surface area contributed by atoms with Gasteiger partial charge in [0, 0.05) is 11.7 Å². The highest BCUT2D eigenvalue weighted by Gasteiger charge is 2.51. The first-order valence-electron chi connectivity index (χ1n) is 9.99. The van der Waals surface area contributed by atoms with Crippen LogP contribution in [0.5, 0.6) is 0 Å². The molecule has 0 spiro atoms. The van der Waals surface area contributed by atoms with Crippen molar-refractivity contribution in [3.05, 3.63) is 59.7 Å². The normalized spacial score (nSPS) is 15.9. The van der Waals surface area contributed by atoms with Crippen LogP contribution in [0.1, 0.15) is 58.6 Å². The van der Waals surface area contributed by atoms with E-state index >= 15 is 0 Å². The van der Waals surface area contributed by atoms with Crippen molar-refractivity contribution in [3.63, 3.8) is 0 Å². The van der Waals surface area contributed by atoms with E-state index in [-0.39, 0.29) is 22.3 Å². The predicted molar refractivity (Wildman–Crippen MR) is 117 cm³/mol. The maximum atomic E-state index is 13.0. The molecule has 0 aliphatic heterocycles. The largest absolute Gasteiger partial charge is 0.325 e. The van der Waals surface area contributed by atoms with Gasteiger partial charge in [0.1, 0.15) is 0 Å². The number of anilines is 1. The quantitative estimate of drug-likeness (QED) is 0.738. The van der Waals surface area contributed by atoms with Gasteiger partial charge in [0.05, 0.1) is 10.3 Å². The van der Waals surface area contributed by atoms with Gasteiger partial charge in [-0.1, -0.05) is 45.0 Å². The Hall–Kier alpha value is -2.18. The fourth-order valence-corrected chi connectivity index (χ4v) is 4.66. The van der Waals surface area contributed by atoms with Crippen molar-refractivity contribution in [3.8, 4) is 0 Å². The molecule has 2 N–H and O–H groups in total. The minimum absolute atomic E-state index is 0.0445. The van der Waals surface area contributed by atoms with Crippen molar-refractivity contribution in [2.45, 2.75) is 69.2 Å². The Morgan fingerprint density at radius 2 is 1.52 bits per heavy atom. The first-order valence-corrected chi connectivity index (χ1v) is 11.5. The number of sulfonamides is 1. The minimum Gasteiger partial charge on any atom is -0.325 e. The lowest BCUT2D eigenvalue weighted by Gasteiger charge is -2.21. The highest BCUT2D eigenvalue weighted by atomic mass is 32.2. The molecule has 1 fully saturated rings. The van der Waals surface area contributed by atoms with Crippen LogP contribution in [0.3, 0.4) is 0 Å². The maximum absolute atomic E-state index is 13.0. The molecule has 1 amide bonds. The molecular formula is C23H30N2O3S. The second-order valence-corrected chi connectivity index (χ2v) is 10.9. The standard InChI is InChI=1S/C23H30N2O3S/c1-16(2)25-29(27,28)20-12-10-19(11-13-20)24-21(26)23(14-15-23)18-8-6-17(7-9-18)22(3,4)5/h6-13,16,25H,14-15H2,1-5H3,(H,24,26). The summed E-state index contributed by atoms with van der Waals surface area (Å²) in [5.74, 6) is -0.0445. The number of benzene rings is 2. The molecule has 1 aliphatic rings. The van der Waals surface area contributed by atoms with Crippen LogP contribution >= 0.6 is 0 Å². The third-order valence-electron chi connectivity index (χ3n) is 5.30. The van der Waals surface area contributed by atoms with Gasteiger partial charge < -0.3 is 5.32 Å². The number of hydrogen-bond acceptors (Lipinski definition) is 3. The molecule has 29 heavy (non-hydrogen) atoms. The Balaban J connectivity index is 1.73. The molecule has 3 rings (SSSR count). The van der Waals surface area contributed by atoms with E-state index in [9.17, 15) is 13.2 Å². The predicted octanol–water partition coefficient (Wildman–Crippen LogP) is 4.34. The van der Waals surface area contributed by atoms with Gasteiger partial charge in [-0.3, -0.25) is 4.79 Å². The molecule has 0 saturated heterocycles. The molecule has 6 heteroatoms. The number of carbonyl (C=O) groups is 1. The fraction of sp³-hybridized carbons (Fsp3) is 0.435. The van der Waals surface area contributed by atoms with E-state index in [1.54, 1.807) is 26.0 Å². The lowest BCUT2D eigenvalue weighted by Crippen LogP contribution is -2.30. The molecule has 0 heterocycles. The molecule has 0 atom stereocenters. The minimum atomic E-state index is -3.54. The third-order valence-corrected chi connectivity index (χ3v) is 6.98. The highest BCUT2D eigenvalue weighted by Crippen LogP contribution is 2.49. The summed E-state index contributed by atoms with van der Waals surface area (Å²) in [6.45, 7) is 10.1. The zero-order chi connectivity index (χ0) is 21.4. The van der Waals surface area contributed by atoms with Crippen LogP contribution in [0.25, 0.3) is 0 Å². The first-order chi connectivity index (χ1) is 13.4. The van der Waals surface area contributed by atoms with Crippen molar-refractivity contribution in [2.75, 3.05) is 5.32 Å². The van der Waals surface area contributed by atoms with Gasteiger partial charge in [-0.05, 0) is 67.5 Å². The zero-order valence-electron chi connectivity index (χ0n) is 17.7. The van der Waals surface area contributed by atoms with E-state index in [0.717, 1.165) is 18.4 Å². The Kier molecular flexibility index (Phi) is 5.62. The van der Waals surface area contributed by atoms with Crippen molar-refractivity contribution in [1.29, 1.82) is 0 Å². The summed E-state index contributed by atoms with van der Waals surface area (Å²) in [6.07, 6.45) is 1.64. The molecule has 0 bridgehead atoms. The van der Waals surface area contributed by atoms with E-state index in [2.05, 4.69) is 55.1 Å². The lowest BCUT2D eigenvalue weighted by atomic mass is 9.85. The van der Waals surface area contributed by atoms with E-state index in [1.165, 1.54) is 17.7 Å². The second-order valence-electron chi connectivity index (χ2n) is 9.16. The summed E-state index contributed by atoms with van der Waals surface area (Å²) in [5, 5.41) is 2.95. The van der Waals surface area contributed by atoms with E-state index in [0.29, 0.717) is 5.69 Å². The molecule has 156 valence electrons. The Morgan fingerprint density at radius 3 is 1.97 bits per heavy atom. The third kappa shape index (κ3) is 4.70. The van der Waals surface area contributed by atoms with Gasteiger partial charge in [0.25, 0.3) is 0 Å². The number of carbonyl (C=O) groups excluding carboxylic acids is 1. The molecule has 1 aliphatic carbocycles. The summed E-state index contributed by atoms with van der Waals surface area (Å²) < 4.78 is 27.0. The summed E-state index contributed by atoms with van der Waals surface area (Å²) >= 11 is 0. The molecule has 5 nitrogen and oxygen atoms in total. The van der Waals surface area contributed by atoms with Crippen LogP contribution in [-0.2, 0) is 25.6 Å². The Morgan fingerprint density at radius 1 is 0.966 bits per heavy atom. The Bertz CT molecular complexity index is 982. The van der Waals surface area contributed by atoms with E-state index in [1.807, 2.05) is 0 Å². The average molecular weight is 415 g/mol. The molecular weight excluding hydrogens is 384 g/mol. The maximum Gasteiger partial charge on any atom is 0.240 e. The molecule has 1 saturated carbocycles.